The molecule has 0 aromatic carbocycles. The lowest BCUT2D eigenvalue weighted by Gasteiger charge is -2.25. The molecule has 7 heteroatoms. The number of rotatable bonds is 1. The predicted molar refractivity (Wildman–Crippen MR) is 46.7 cm³/mol. The lowest BCUT2D eigenvalue weighted by atomic mass is 10.1. The molecule has 0 saturated heterocycles. The van der Waals surface area contributed by atoms with Gasteiger partial charge in [-0.3, -0.25) is 4.99 Å². The first kappa shape index (κ1) is 10.3. The minimum absolute atomic E-state index is 0.182. The zero-order chi connectivity index (χ0) is 10.2. The molecule has 0 aromatic rings. The van der Waals surface area contributed by atoms with E-state index in [0.717, 1.165) is 6.08 Å². The van der Waals surface area contributed by atoms with Crippen molar-refractivity contribution in [2.24, 2.45) is 10.7 Å². The summed E-state index contributed by atoms with van der Waals surface area (Å²) in [6, 6.07) is -1.80. The average molecular weight is 227 g/mol. The fraction of sp³-hybridized carbons (Fsp3) is 0.333. The van der Waals surface area contributed by atoms with E-state index in [1.54, 1.807) is 0 Å². The van der Waals surface area contributed by atoms with Crippen molar-refractivity contribution in [2.75, 3.05) is 0 Å². The molecule has 4 nitrogen and oxygen atoms in total. The molecule has 72 valence electrons. The van der Waals surface area contributed by atoms with Crippen molar-refractivity contribution >= 4 is 34.3 Å². The van der Waals surface area contributed by atoms with Crippen molar-refractivity contribution in [3.63, 3.8) is 0 Å². The predicted octanol–water partition coefficient (Wildman–Crippen LogP) is 0.838. The second kappa shape index (κ2) is 3.16. The monoisotopic (exact) mass is 226 g/mol. The number of aliphatic imine (C=N–C) groups is 1. The largest absolute Gasteiger partial charge is 0.480 e. The van der Waals surface area contributed by atoms with E-state index < -0.39 is 22.8 Å². The maximum absolute atomic E-state index is 13.4. The number of carboxylic acid groups (broad SMARTS) is 1. The number of nitrogens with two attached hydrogens (primary N) is 1. The summed E-state index contributed by atoms with van der Waals surface area (Å²) in [5.74, 6) is -1.52. The molecule has 0 amide bonds. The molecule has 13 heavy (non-hydrogen) atoms. The molecule has 0 fully saturated rings. The molecule has 0 aromatic heterocycles. The highest BCUT2D eigenvalue weighted by molar-refractivity contribution is 6.68. The van der Waals surface area contributed by atoms with Gasteiger partial charge in [0.2, 0.25) is 6.04 Å². The van der Waals surface area contributed by atoms with Gasteiger partial charge in [-0.05, 0) is 6.08 Å². The van der Waals surface area contributed by atoms with Crippen molar-refractivity contribution in [3.05, 3.63) is 11.8 Å². The van der Waals surface area contributed by atoms with Crippen LogP contribution in [0.2, 0.25) is 0 Å². The van der Waals surface area contributed by atoms with Crippen LogP contribution in [0.4, 0.5) is 4.39 Å². The highest BCUT2D eigenvalue weighted by Gasteiger charge is 2.47. The molecule has 1 heterocycles. The lowest BCUT2D eigenvalue weighted by Crippen LogP contribution is -2.44. The number of carbonyl (C=O) groups is 1. The fourth-order valence-corrected chi connectivity index (χ4v) is 1.25. The fourth-order valence-electron chi connectivity index (χ4n) is 0.834. The first-order valence-electron chi connectivity index (χ1n) is 3.17. The van der Waals surface area contributed by atoms with Crippen molar-refractivity contribution in [1.82, 2.24) is 0 Å². The number of carboxylic acids is 1. The van der Waals surface area contributed by atoms with E-state index in [-0.39, 0.29) is 5.17 Å². The molecule has 3 N–H and O–H groups in total. The van der Waals surface area contributed by atoms with Gasteiger partial charge in [0, 0.05) is 0 Å². The summed E-state index contributed by atoms with van der Waals surface area (Å²) in [6.07, 6.45) is 0.980. The summed E-state index contributed by atoms with van der Waals surface area (Å²) < 4.78 is 13.4. The molecule has 0 bridgehead atoms. The highest BCUT2D eigenvalue weighted by atomic mass is 35.5. The van der Waals surface area contributed by atoms with E-state index in [1.807, 2.05) is 0 Å². The Hall–Kier alpha value is -0.810. The molecule has 2 unspecified atom stereocenters. The molecule has 1 rings (SSSR count). The van der Waals surface area contributed by atoms with E-state index in [4.69, 9.17) is 34.0 Å². The molecule has 0 saturated carbocycles. The normalized spacial score (nSPS) is 33.6. The number of halogens is 3. The zero-order valence-electron chi connectivity index (χ0n) is 6.17. The van der Waals surface area contributed by atoms with Crippen LogP contribution in [0.1, 0.15) is 0 Å². The number of hydrogen-bond donors (Lipinski definition) is 2. The first-order valence-corrected chi connectivity index (χ1v) is 3.93. The van der Waals surface area contributed by atoms with Gasteiger partial charge in [0.05, 0.1) is 5.70 Å². The molecule has 2 atom stereocenters. The summed E-state index contributed by atoms with van der Waals surface area (Å²) >= 11 is 10.6. The second-order valence-corrected chi connectivity index (χ2v) is 3.35. The SMILES string of the molecule is NC1=CC(Cl)=NC(C(=O)O)C1(F)Cl. The number of dihydropyridines is 1. The zero-order valence-corrected chi connectivity index (χ0v) is 7.68. The van der Waals surface area contributed by atoms with Crippen LogP contribution in [0, 0.1) is 0 Å². The van der Waals surface area contributed by atoms with E-state index in [1.165, 1.54) is 0 Å². The van der Waals surface area contributed by atoms with Crippen molar-refractivity contribution < 1.29 is 14.3 Å². The lowest BCUT2D eigenvalue weighted by molar-refractivity contribution is -0.140. The average Bonchev–Trinajstić information content (AvgIpc) is 1.96. The van der Waals surface area contributed by atoms with Gasteiger partial charge >= 0.3 is 5.97 Å². The number of aliphatic carboxylic acids is 1. The quantitative estimate of drug-likeness (QED) is 0.651. The minimum Gasteiger partial charge on any atom is -0.480 e. The Kier molecular flexibility index (Phi) is 2.49. The third-order valence-electron chi connectivity index (χ3n) is 1.49. The maximum atomic E-state index is 13.4. The van der Waals surface area contributed by atoms with E-state index >= 15 is 0 Å². The van der Waals surface area contributed by atoms with Crippen LogP contribution in [0.15, 0.2) is 16.8 Å². The molecule has 1 aliphatic rings. The van der Waals surface area contributed by atoms with Crippen LogP contribution >= 0.6 is 23.2 Å². The highest BCUT2D eigenvalue weighted by Crippen LogP contribution is 2.33. The van der Waals surface area contributed by atoms with Crippen molar-refractivity contribution in [2.45, 2.75) is 11.2 Å². The molecule has 0 aliphatic carbocycles. The summed E-state index contributed by atoms with van der Waals surface area (Å²) in [4.78, 5) is 13.8. The molecular weight excluding hydrogens is 222 g/mol. The maximum Gasteiger partial charge on any atom is 0.333 e. The molecule has 1 aliphatic heterocycles. The second-order valence-electron chi connectivity index (χ2n) is 2.42. The number of hydrogen-bond acceptors (Lipinski definition) is 3. The Morgan fingerprint density at radius 3 is 2.85 bits per heavy atom. The summed E-state index contributed by atoms with van der Waals surface area (Å²) in [7, 11) is 0. The van der Waals surface area contributed by atoms with Crippen LogP contribution in [-0.2, 0) is 4.79 Å². The summed E-state index contributed by atoms with van der Waals surface area (Å²) in [6.45, 7) is 0. The van der Waals surface area contributed by atoms with Crippen LogP contribution in [0.25, 0.3) is 0 Å². The van der Waals surface area contributed by atoms with Gasteiger partial charge < -0.3 is 10.8 Å². The van der Waals surface area contributed by atoms with Gasteiger partial charge in [0.1, 0.15) is 5.17 Å². The van der Waals surface area contributed by atoms with Gasteiger partial charge in [-0.1, -0.05) is 23.2 Å². The third kappa shape index (κ3) is 1.76. The van der Waals surface area contributed by atoms with Gasteiger partial charge in [0.25, 0.3) is 5.13 Å². The van der Waals surface area contributed by atoms with Gasteiger partial charge in [-0.15, -0.1) is 0 Å². The molecule has 0 radical (unpaired) electrons. The minimum atomic E-state index is -2.70. The summed E-state index contributed by atoms with van der Waals surface area (Å²) in [5, 5.41) is 5.65. The molecular formula is C6H5Cl2FN2O2. The number of nitrogens with zero attached hydrogens (tertiary/aromatic N) is 1. The first-order chi connectivity index (χ1) is 5.85. The van der Waals surface area contributed by atoms with Crippen LogP contribution in [-0.4, -0.2) is 27.4 Å². The van der Waals surface area contributed by atoms with Gasteiger partial charge in [-0.25, -0.2) is 9.18 Å². The smallest absolute Gasteiger partial charge is 0.333 e. The van der Waals surface area contributed by atoms with Gasteiger partial charge in [-0.2, -0.15) is 0 Å². The van der Waals surface area contributed by atoms with E-state index in [2.05, 4.69) is 4.99 Å². The Labute approximate surface area is 82.8 Å². The van der Waals surface area contributed by atoms with Crippen LogP contribution < -0.4 is 5.73 Å². The standard InChI is InChI=1S/C6H5Cl2FN2O2/c7-3-1-2(10)6(8,9)4(11-3)5(12)13/h1,4H,10H2,(H,12,13). The van der Waals surface area contributed by atoms with E-state index in [9.17, 15) is 9.18 Å². The number of alkyl halides is 2. The third-order valence-corrected chi connectivity index (χ3v) is 2.12. The van der Waals surface area contributed by atoms with Crippen LogP contribution in [0.5, 0.6) is 0 Å². The Morgan fingerprint density at radius 2 is 2.38 bits per heavy atom. The Morgan fingerprint density at radius 1 is 1.85 bits per heavy atom. The topological polar surface area (TPSA) is 75.7 Å². The summed E-state index contributed by atoms with van der Waals surface area (Å²) in [5.41, 5.74) is 4.70. The molecule has 0 spiro atoms. The van der Waals surface area contributed by atoms with Crippen molar-refractivity contribution in [1.29, 1.82) is 0 Å². The Bertz CT molecular complexity index is 314. The number of allylic oxidation sites excluding steroid dienone is 1. The Balaban J connectivity index is 3.12. The van der Waals surface area contributed by atoms with Crippen molar-refractivity contribution in [3.8, 4) is 0 Å². The van der Waals surface area contributed by atoms with E-state index in [0.29, 0.717) is 0 Å². The van der Waals surface area contributed by atoms with Gasteiger partial charge in [0.15, 0.2) is 0 Å². The van der Waals surface area contributed by atoms with Crippen LogP contribution in [0.3, 0.4) is 0 Å².